The van der Waals surface area contributed by atoms with Crippen molar-refractivity contribution >= 4 is 5.91 Å². The van der Waals surface area contributed by atoms with Gasteiger partial charge < -0.3 is 15.5 Å². The monoisotopic (exact) mass is 277 g/mol. The van der Waals surface area contributed by atoms with E-state index in [1.807, 2.05) is 19.9 Å². The van der Waals surface area contributed by atoms with Crippen LogP contribution in [-0.4, -0.2) is 43.5 Å². The van der Waals surface area contributed by atoms with Crippen molar-refractivity contribution in [1.29, 1.82) is 0 Å². The Labute approximate surface area is 122 Å². The quantitative estimate of drug-likeness (QED) is 0.710. The first-order valence-corrected chi connectivity index (χ1v) is 7.15. The minimum atomic E-state index is -0.504. The maximum absolute atomic E-state index is 11.8. The van der Waals surface area contributed by atoms with Gasteiger partial charge in [-0.2, -0.15) is 0 Å². The van der Waals surface area contributed by atoms with E-state index in [0.29, 0.717) is 6.54 Å². The van der Waals surface area contributed by atoms with Crippen molar-refractivity contribution in [3.63, 3.8) is 0 Å². The molecule has 0 heterocycles. The van der Waals surface area contributed by atoms with Crippen molar-refractivity contribution in [2.45, 2.75) is 32.4 Å². The van der Waals surface area contributed by atoms with Crippen LogP contribution in [-0.2, 0) is 11.3 Å². The van der Waals surface area contributed by atoms with Crippen LogP contribution in [0.25, 0.3) is 0 Å². The lowest BCUT2D eigenvalue weighted by Crippen LogP contribution is -2.51. The highest BCUT2D eigenvalue weighted by Gasteiger charge is 2.24. The molecule has 0 atom stereocenters. The molecule has 20 heavy (non-hydrogen) atoms. The fourth-order valence-corrected chi connectivity index (χ4v) is 1.86. The van der Waals surface area contributed by atoms with Crippen molar-refractivity contribution in [2.24, 2.45) is 0 Å². The molecule has 0 spiro atoms. The summed E-state index contributed by atoms with van der Waals surface area (Å²) in [6.07, 6.45) is 0.953. The van der Waals surface area contributed by atoms with Crippen LogP contribution in [0, 0.1) is 0 Å². The van der Waals surface area contributed by atoms with E-state index in [1.165, 1.54) is 5.56 Å². The number of carbonyl (C=O) groups is 1. The summed E-state index contributed by atoms with van der Waals surface area (Å²) >= 11 is 0. The molecule has 1 amide bonds. The second-order valence-corrected chi connectivity index (χ2v) is 5.71. The zero-order valence-electron chi connectivity index (χ0n) is 13.1. The van der Waals surface area contributed by atoms with Gasteiger partial charge in [-0.15, -0.1) is 0 Å². The van der Waals surface area contributed by atoms with Gasteiger partial charge >= 0.3 is 0 Å². The summed E-state index contributed by atoms with van der Waals surface area (Å²) in [6.45, 7) is 6.38. The van der Waals surface area contributed by atoms with E-state index in [0.717, 1.165) is 19.5 Å². The van der Waals surface area contributed by atoms with Gasteiger partial charge in [0.15, 0.2) is 0 Å². The molecule has 0 aromatic heterocycles. The van der Waals surface area contributed by atoms with Crippen LogP contribution in [0.1, 0.15) is 25.8 Å². The predicted molar refractivity (Wildman–Crippen MR) is 83.5 cm³/mol. The molecule has 1 aromatic rings. The van der Waals surface area contributed by atoms with Gasteiger partial charge in [0.1, 0.15) is 0 Å². The lowest BCUT2D eigenvalue weighted by Gasteiger charge is -2.23. The van der Waals surface area contributed by atoms with E-state index in [9.17, 15) is 4.79 Å². The largest absolute Gasteiger partial charge is 0.354 e. The molecular weight excluding hydrogens is 250 g/mol. The Morgan fingerprint density at radius 1 is 1.25 bits per heavy atom. The standard InChI is InChI=1S/C16H27N3O/c1-16(2,17-3)15(20)18-11-8-12-19(4)13-14-9-6-5-7-10-14/h5-7,9-10,17H,8,11-13H2,1-4H3,(H,18,20). The number of likely N-dealkylation sites (N-methyl/N-ethyl adjacent to an activating group) is 1. The average Bonchev–Trinajstić information content (AvgIpc) is 2.44. The van der Waals surface area contributed by atoms with Crippen LogP contribution in [0.2, 0.25) is 0 Å². The van der Waals surface area contributed by atoms with Gasteiger partial charge in [-0.1, -0.05) is 30.3 Å². The summed E-state index contributed by atoms with van der Waals surface area (Å²) in [4.78, 5) is 14.1. The SMILES string of the molecule is CNC(C)(C)C(=O)NCCCN(C)Cc1ccccc1. The van der Waals surface area contributed by atoms with Gasteiger partial charge in [-0.05, 0) is 46.5 Å². The molecule has 0 aliphatic heterocycles. The Kier molecular flexibility index (Phi) is 6.68. The number of rotatable bonds is 8. The number of nitrogens with zero attached hydrogens (tertiary/aromatic N) is 1. The predicted octanol–water partition coefficient (Wildman–Crippen LogP) is 1.62. The van der Waals surface area contributed by atoms with Gasteiger partial charge in [0.2, 0.25) is 5.91 Å². The summed E-state index contributed by atoms with van der Waals surface area (Å²) in [6, 6.07) is 10.4. The first kappa shape index (κ1) is 16.7. The van der Waals surface area contributed by atoms with Crippen molar-refractivity contribution in [1.82, 2.24) is 15.5 Å². The van der Waals surface area contributed by atoms with Gasteiger partial charge in [0.25, 0.3) is 0 Å². The molecule has 1 aromatic carbocycles. The highest BCUT2D eigenvalue weighted by Crippen LogP contribution is 2.03. The molecule has 1 rings (SSSR count). The second kappa shape index (κ2) is 8.02. The lowest BCUT2D eigenvalue weighted by molar-refractivity contribution is -0.126. The van der Waals surface area contributed by atoms with Gasteiger partial charge in [-0.3, -0.25) is 4.79 Å². The first-order valence-electron chi connectivity index (χ1n) is 7.15. The third-order valence-corrected chi connectivity index (χ3v) is 3.49. The smallest absolute Gasteiger partial charge is 0.239 e. The van der Waals surface area contributed by atoms with Crippen LogP contribution in [0.4, 0.5) is 0 Å². The fraction of sp³-hybridized carbons (Fsp3) is 0.562. The molecule has 0 aliphatic rings. The molecule has 4 heteroatoms. The maximum atomic E-state index is 11.8. The van der Waals surface area contributed by atoms with Crippen molar-refractivity contribution in [3.8, 4) is 0 Å². The van der Waals surface area contributed by atoms with E-state index in [1.54, 1.807) is 7.05 Å². The molecule has 4 nitrogen and oxygen atoms in total. The number of hydrogen-bond donors (Lipinski definition) is 2. The summed E-state index contributed by atoms with van der Waals surface area (Å²) in [5.74, 6) is 0.0470. The van der Waals surface area contributed by atoms with E-state index in [-0.39, 0.29) is 5.91 Å². The van der Waals surface area contributed by atoms with Crippen molar-refractivity contribution < 1.29 is 4.79 Å². The van der Waals surface area contributed by atoms with Gasteiger partial charge in [-0.25, -0.2) is 0 Å². The third kappa shape index (κ3) is 5.72. The van der Waals surface area contributed by atoms with Crippen LogP contribution in [0.15, 0.2) is 30.3 Å². The molecule has 0 saturated heterocycles. The Morgan fingerprint density at radius 2 is 1.90 bits per heavy atom. The van der Waals surface area contributed by atoms with Crippen LogP contribution >= 0.6 is 0 Å². The lowest BCUT2D eigenvalue weighted by atomic mass is 10.1. The number of carbonyl (C=O) groups excluding carboxylic acids is 1. The van der Waals surface area contributed by atoms with Gasteiger partial charge in [0.05, 0.1) is 5.54 Å². The molecule has 0 aliphatic carbocycles. The fourth-order valence-electron chi connectivity index (χ4n) is 1.86. The first-order chi connectivity index (χ1) is 9.45. The van der Waals surface area contributed by atoms with E-state index < -0.39 is 5.54 Å². The molecule has 0 fully saturated rings. The molecule has 112 valence electrons. The topological polar surface area (TPSA) is 44.4 Å². The van der Waals surface area contributed by atoms with Gasteiger partial charge in [0, 0.05) is 13.1 Å². The van der Waals surface area contributed by atoms with Crippen LogP contribution in [0.5, 0.6) is 0 Å². The molecule has 0 bridgehead atoms. The van der Waals surface area contributed by atoms with Crippen molar-refractivity contribution in [2.75, 3.05) is 27.2 Å². The van der Waals surface area contributed by atoms with Crippen molar-refractivity contribution in [3.05, 3.63) is 35.9 Å². The number of amides is 1. The number of nitrogens with one attached hydrogen (secondary N) is 2. The normalized spacial score (nSPS) is 11.7. The highest BCUT2D eigenvalue weighted by atomic mass is 16.2. The molecular formula is C16H27N3O. The zero-order chi connectivity index (χ0) is 15.0. The molecule has 2 N–H and O–H groups in total. The average molecular weight is 277 g/mol. The third-order valence-electron chi connectivity index (χ3n) is 3.49. The van der Waals surface area contributed by atoms with E-state index >= 15 is 0 Å². The number of hydrogen-bond acceptors (Lipinski definition) is 3. The summed E-state index contributed by atoms with van der Waals surface area (Å²) < 4.78 is 0. The Morgan fingerprint density at radius 3 is 2.50 bits per heavy atom. The summed E-state index contributed by atoms with van der Waals surface area (Å²) in [5, 5.41) is 5.97. The summed E-state index contributed by atoms with van der Waals surface area (Å²) in [7, 11) is 3.90. The Balaban J connectivity index is 2.20. The van der Waals surface area contributed by atoms with E-state index in [4.69, 9.17) is 0 Å². The number of benzene rings is 1. The zero-order valence-corrected chi connectivity index (χ0v) is 13.1. The van der Waals surface area contributed by atoms with Crippen LogP contribution < -0.4 is 10.6 Å². The maximum Gasteiger partial charge on any atom is 0.239 e. The Bertz CT molecular complexity index is 403. The second-order valence-electron chi connectivity index (χ2n) is 5.71. The molecule has 0 saturated carbocycles. The highest BCUT2D eigenvalue weighted by molar-refractivity contribution is 5.85. The Hall–Kier alpha value is -1.39. The molecule has 0 unspecified atom stereocenters. The van der Waals surface area contributed by atoms with Crippen LogP contribution in [0.3, 0.4) is 0 Å². The molecule has 0 radical (unpaired) electrons. The minimum absolute atomic E-state index is 0.0470. The summed E-state index contributed by atoms with van der Waals surface area (Å²) in [5.41, 5.74) is 0.811. The minimum Gasteiger partial charge on any atom is -0.354 e. The van der Waals surface area contributed by atoms with E-state index in [2.05, 4.69) is 46.8 Å².